The maximum Gasteiger partial charge on any atom is 0.246 e. The molecule has 1 saturated carbocycles. The van der Waals surface area contributed by atoms with Crippen molar-refractivity contribution in [2.24, 2.45) is 5.92 Å². The van der Waals surface area contributed by atoms with E-state index in [0.29, 0.717) is 32.3 Å². The van der Waals surface area contributed by atoms with Crippen LogP contribution in [-0.4, -0.2) is 109 Å². The third kappa shape index (κ3) is 5.98. The third-order valence-electron chi connectivity index (χ3n) is 10.3. The smallest absolute Gasteiger partial charge is 0.246 e. The number of carbonyl (C=O) groups excluding carboxylic acids is 2. The van der Waals surface area contributed by atoms with Crippen LogP contribution in [0.2, 0.25) is 0 Å². The zero-order valence-electron chi connectivity index (χ0n) is 25.3. The number of nitrogens with one attached hydrogen (secondary N) is 2. The van der Waals surface area contributed by atoms with Crippen molar-refractivity contribution in [2.45, 2.75) is 85.2 Å². The van der Waals surface area contributed by atoms with Gasteiger partial charge in [-0.15, -0.1) is 11.8 Å². The van der Waals surface area contributed by atoms with E-state index in [1.54, 1.807) is 23.8 Å². The van der Waals surface area contributed by atoms with E-state index < -0.39 is 11.1 Å². The summed E-state index contributed by atoms with van der Waals surface area (Å²) < 4.78 is 11.5. The van der Waals surface area contributed by atoms with Crippen molar-refractivity contribution in [3.63, 3.8) is 0 Å². The number of piperazine rings is 1. The van der Waals surface area contributed by atoms with Gasteiger partial charge in [0.2, 0.25) is 5.91 Å². The number of hydrogen-bond donors (Lipinski definition) is 2. The van der Waals surface area contributed by atoms with Gasteiger partial charge in [0, 0.05) is 36.5 Å². The van der Waals surface area contributed by atoms with Crippen LogP contribution in [-0.2, 0) is 20.7 Å². The van der Waals surface area contributed by atoms with Gasteiger partial charge in [0.25, 0.3) is 0 Å². The van der Waals surface area contributed by atoms with Crippen molar-refractivity contribution in [3.05, 3.63) is 36.4 Å². The Labute approximate surface area is 259 Å². The normalized spacial score (nSPS) is 34.8. The fraction of sp³-hybridized carbons (Fsp3) is 0.656. The van der Waals surface area contributed by atoms with Crippen LogP contribution in [0.1, 0.15) is 44.1 Å². The lowest BCUT2D eigenvalue weighted by molar-refractivity contribution is -0.145. The molecular weight excluding hydrogens is 564 g/mol. The summed E-state index contributed by atoms with van der Waals surface area (Å²) in [5.74, 6) is 1.03. The molecule has 10 nitrogen and oxygen atoms in total. The number of carbonyl (C=O) groups is 2. The number of hydrogen-bond acceptors (Lipinski definition) is 10. The van der Waals surface area contributed by atoms with E-state index in [4.69, 9.17) is 9.47 Å². The quantitative estimate of drug-likeness (QED) is 0.448. The minimum atomic E-state index is -0.466. The number of nitriles is 1. The molecule has 3 saturated heterocycles. The Kier molecular flexibility index (Phi) is 9.15. The Morgan fingerprint density at radius 1 is 1.23 bits per heavy atom. The van der Waals surface area contributed by atoms with Gasteiger partial charge in [-0.2, -0.15) is 5.26 Å². The second kappa shape index (κ2) is 12.9. The summed E-state index contributed by atoms with van der Waals surface area (Å²) in [7, 11) is 3.83. The molecule has 6 unspecified atom stereocenters. The number of likely N-dealkylation sites (tertiary alicyclic amines) is 1. The predicted molar refractivity (Wildman–Crippen MR) is 164 cm³/mol. The molecule has 7 atom stereocenters. The summed E-state index contributed by atoms with van der Waals surface area (Å²) in [5.41, 5.74) is 1.25. The number of aryl methyl sites for hydroxylation is 1. The Balaban J connectivity index is 1.24. The number of ketones is 1. The summed E-state index contributed by atoms with van der Waals surface area (Å²) in [5, 5.41) is 16.9. The number of ether oxygens (including phenoxy) is 2. The third-order valence-corrected chi connectivity index (χ3v) is 11.9. The Bertz CT molecular complexity index is 1270. The second-order valence-corrected chi connectivity index (χ2v) is 14.1. The van der Waals surface area contributed by atoms with Gasteiger partial charge in [-0.1, -0.05) is 6.58 Å². The molecule has 4 heterocycles. The maximum atomic E-state index is 14.6. The molecular formula is C32H44N6O4S. The first-order valence-electron chi connectivity index (χ1n) is 15.6. The number of benzene rings is 1. The highest BCUT2D eigenvalue weighted by Gasteiger charge is 2.55. The fourth-order valence-electron chi connectivity index (χ4n) is 7.81. The molecule has 1 spiro atoms. The zero-order chi connectivity index (χ0) is 30.1. The van der Waals surface area contributed by atoms with E-state index in [9.17, 15) is 14.9 Å². The SMILES string of the molecule is C=CC(=O)N1CCN(C2NC(OCC3CCCN3C)NC3C(=O)[C@@]4(CCc5cc(OC)ccc5S4)CCC32)CC1CC#N. The first-order valence-corrected chi connectivity index (χ1v) is 16.5. The van der Waals surface area contributed by atoms with E-state index >= 15 is 0 Å². The first kappa shape index (κ1) is 30.6. The molecule has 4 fully saturated rings. The Morgan fingerprint density at radius 3 is 2.84 bits per heavy atom. The van der Waals surface area contributed by atoms with Gasteiger partial charge in [0.05, 0.1) is 49.2 Å². The lowest BCUT2D eigenvalue weighted by Crippen LogP contribution is -2.75. The number of fused-ring (bicyclic) bond motifs is 2. The highest BCUT2D eigenvalue weighted by Crippen LogP contribution is 2.52. The topological polar surface area (TPSA) is 110 Å². The molecule has 0 aromatic heterocycles. The molecule has 43 heavy (non-hydrogen) atoms. The van der Waals surface area contributed by atoms with Gasteiger partial charge in [-0.25, -0.2) is 0 Å². The molecule has 5 aliphatic rings. The van der Waals surface area contributed by atoms with Gasteiger partial charge < -0.3 is 19.3 Å². The first-order chi connectivity index (χ1) is 20.9. The number of rotatable bonds is 7. The molecule has 1 aromatic rings. The molecule has 4 aliphatic heterocycles. The lowest BCUT2D eigenvalue weighted by Gasteiger charge is -2.55. The van der Waals surface area contributed by atoms with Crippen LogP contribution in [0.3, 0.4) is 0 Å². The van der Waals surface area contributed by atoms with Crippen molar-refractivity contribution in [1.82, 2.24) is 25.3 Å². The van der Waals surface area contributed by atoms with Crippen molar-refractivity contribution in [3.8, 4) is 11.8 Å². The van der Waals surface area contributed by atoms with Crippen molar-refractivity contribution < 1.29 is 19.1 Å². The van der Waals surface area contributed by atoms with Gasteiger partial charge in [0.1, 0.15) is 5.75 Å². The fourth-order valence-corrected chi connectivity index (χ4v) is 9.31. The van der Waals surface area contributed by atoms with Crippen LogP contribution in [0.25, 0.3) is 0 Å². The highest BCUT2D eigenvalue weighted by molar-refractivity contribution is 8.01. The van der Waals surface area contributed by atoms with E-state index in [0.717, 1.165) is 44.4 Å². The van der Waals surface area contributed by atoms with Crippen LogP contribution in [0, 0.1) is 17.2 Å². The summed E-state index contributed by atoms with van der Waals surface area (Å²) in [4.78, 5) is 34.8. The molecule has 0 radical (unpaired) electrons. The standard InChI is InChI=1S/C32H44N6O4S/c1-4-27(39)38-17-16-37(19-22(38)11-14-33)30-25-10-13-32(12-9-21-18-24(41-3)7-8-26(21)43-32)29(40)28(25)34-31(35-30)42-20-23-6-5-15-36(23)2/h4,7-8,18,22-23,25,28,30-31,34-35H,1,5-6,9-13,15-17,19-20H2,2-3H3/t22?,23?,25?,28?,30?,31?,32-/m1/s1. The largest absolute Gasteiger partial charge is 0.497 e. The summed E-state index contributed by atoms with van der Waals surface area (Å²) in [6, 6.07) is 8.25. The minimum absolute atomic E-state index is 0.0504. The molecule has 1 aromatic carbocycles. The van der Waals surface area contributed by atoms with E-state index in [-0.39, 0.29) is 42.3 Å². The van der Waals surface area contributed by atoms with Crippen molar-refractivity contribution in [2.75, 3.05) is 46.9 Å². The summed E-state index contributed by atoms with van der Waals surface area (Å²) in [6.07, 6.45) is 6.67. The second-order valence-electron chi connectivity index (χ2n) is 12.6. The molecule has 6 rings (SSSR count). The van der Waals surface area contributed by atoms with Crippen LogP contribution in [0.15, 0.2) is 35.7 Å². The predicted octanol–water partition coefficient (Wildman–Crippen LogP) is 2.35. The minimum Gasteiger partial charge on any atom is -0.497 e. The number of thioether (sulfide) groups is 1. The molecule has 2 N–H and O–H groups in total. The van der Waals surface area contributed by atoms with E-state index in [2.05, 4.69) is 52.3 Å². The molecule has 232 valence electrons. The van der Waals surface area contributed by atoms with Gasteiger partial charge in [-0.3, -0.25) is 25.1 Å². The molecule has 1 aliphatic carbocycles. The van der Waals surface area contributed by atoms with Crippen molar-refractivity contribution in [1.29, 1.82) is 5.26 Å². The average Bonchev–Trinajstić information content (AvgIpc) is 3.45. The molecule has 0 bridgehead atoms. The number of amides is 1. The Hall–Kier alpha value is -2.46. The average molecular weight is 609 g/mol. The van der Waals surface area contributed by atoms with Crippen LogP contribution >= 0.6 is 11.8 Å². The van der Waals surface area contributed by atoms with E-state index in [1.807, 2.05) is 6.07 Å². The maximum absolute atomic E-state index is 14.6. The van der Waals surface area contributed by atoms with Crippen LogP contribution < -0.4 is 15.4 Å². The number of likely N-dealkylation sites (N-methyl/N-ethyl adjacent to an activating group) is 1. The Morgan fingerprint density at radius 2 is 2.09 bits per heavy atom. The summed E-state index contributed by atoms with van der Waals surface area (Å²) >= 11 is 1.73. The van der Waals surface area contributed by atoms with E-state index in [1.165, 1.54) is 23.0 Å². The van der Waals surface area contributed by atoms with Crippen LogP contribution in [0.5, 0.6) is 5.75 Å². The van der Waals surface area contributed by atoms with Gasteiger partial charge in [0.15, 0.2) is 12.1 Å². The van der Waals surface area contributed by atoms with Gasteiger partial charge in [-0.05, 0) is 82.0 Å². The zero-order valence-corrected chi connectivity index (χ0v) is 26.1. The number of nitrogens with zero attached hydrogens (tertiary/aromatic N) is 4. The highest BCUT2D eigenvalue weighted by atomic mass is 32.2. The van der Waals surface area contributed by atoms with Crippen LogP contribution in [0.4, 0.5) is 0 Å². The molecule has 1 amide bonds. The number of Topliss-reactive ketones (excluding diaryl/α,β-unsaturated/α-hetero) is 1. The molecule has 11 heteroatoms. The monoisotopic (exact) mass is 608 g/mol. The van der Waals surface area contributed by atoms with Crippen molar-refractivity contribution >= 4 is 23.5 Å². The summed E-state index contributed by atoms with van der Waals surface area (Å²) in [6.45, 7) is 7.07. The van der Waals surface area contributed by atoms with Gasteiger partial charge >= 0.3 is 0 Å². The number of methoxy groups -OCH3 is 1. The lowest BCUT2D eigenvalue weighted by atomic mass is 9.72.